The minimum absolute atomic E-state index is 0.277. The van der Waals surface area contributed by atoms with E-state index in [1.807, 2.05) is 32.2 Å². The Kier molecular flexibility index (Phi) is 5.11. The molecule has 0 spiro atoms. The average molecular weight is 311 g/mol. The molecular formula is C15H25N3O2S. The highest BCUT2D eigenvalue weighted by atomic mass is 32.1. The lowest BCUT2D eigenvalue weighted by molar-refractivity contribution is 0.0521. The van der Waals surface area contributed by atoms with Gasteiger partial charge in [-0.05, 0) is 51.0 Å². The van der Waals surface area contributed by atoms with E-state index >= 15 is 0 Å². The fraction of sp³-hybridized carbons (Fsp3) is 0.667. The minimum Gasteiger partial charge on any atom is -0.444 e. The van der Waals surface area contributed by atoms with Crippen LogP contribution in [-0.2, 0) is 11.3 Å². The summed E-state index contributed by atoms with van der Waals surface area (Å²) in [5.41, 5.74) is 6.27. The van der Waals surface area contributed by atoms with Crippen LogP contribution >= 0.6 is 11.3 Å². The van der Waals surface area contributed by atoms with Crippen LogP contribution in [0.3, 0.4) is 0 Å². The van der Waals surface area contributed by atoms with Gasteiger partial charge in [0.1, 0.15) is 5.60 Å². The van der Waals surface area contributed by atoms with Crippen molar-refractivity contribution < 1.29 is 9.53 Å². The van der Waals surface area contributed by atoms with Gasteiger partial charge in [-0.1, -0.05) is 0 Å². The Morgan fingerprint density at radius 1 is 1.52 bits per heavy atom. The molecule has 0 bridgehead atoms. The summed E-state index contributed by atoms with van der Waals surface area (Å²) in [5, 5.41) is 8.35. The molecule has 1 aliphatic carbocycles. The van der Waals surface area contributed by atoms with Gasteiger partial charge in [0.05, 0.1) is 0 Å². The molecule has 6 heteroatoms. The number of nitrogen functional groups attached to an aromatic ring is 1. The summed E-state index contributed by atoms with van der Waals surface area (Å²) in [6.07, 6.45) is 2.08. The topological polar surface area (TPSA) is 76.4 Å². The Labute approximate surface area is 130 Å². The Morgan fingerprint density at radius 3 is 2.76 bits per heavy atom. The first-order chi connectivity index (χ1) is 9.85. The van der Waals surface area contributed by atoms with E-state index in [-0.39, 0.29) is 12.1 Å². The number of hydrogen-bond donors (Lipinski definition) is 3. The fourth-order valence-corrected chi connectivity index (χ4v) is 2.88. The second kappa shape index (κ2) is 6.66. The van der Waals surface area contributed by atoms with Crippen molar-refractivity contribution in [3.8, 4) is 0 Å². The predicted molar refractivity (Wildman–Crippen MR) is 86.3 cm³/mol. The monoisotopic (exact) mass is 311 g/mol. The number of ether oxygens (including phenoxy) is 1. The molecule has 1 amide bonds. The van der Waals surface area contributed by atoms with E-state index < -0.39 is 5.60 Å². The van der Waals surface area contributed by atoms with E-state index in [9.17, 15) is 4.79 Å². The number of amides is 1. The molecule has 1 atom stereocenters. The zero-order chi connectivity index (χ0) is 15.5. The molecular weight excluding hydrogens is 286 g/mol. The maximum absolute atomic E-state index is 11.7. The second-order valence-electron chi connectivity index (χ2n) is 6.51. The van der Waals surface area contributed by atoms with Crippen LogP contribution in [0, 0.1) is 5.92 Å². The highest BCUT2D eigenvalue weighted by Gasteiger charge is 2.31. The maximum atomic E-state index is 11.7. The molecule has 1 aromatic rings. The number of anilines is 1. The van der Waals surface area contributed by atoms with Gasteiger partial charge in [-0.15, -0.1) is 11.3 Å². The zero-order valence-electron chi connectivity index (χ0n) is 12.9. The van der Waals surface area contributed by atoms with Crippen molar-refractivity contribution in [1.82, 2.24) is 10.6 Å². The van der Waals surface area contributed by atoms with Crippen molar-refractivity contribution in [3.63, 3.8) is 0 Å². The van der Waals surface area contributed by atoms with Gasteiger partial charge in [-0.25, -0.2) is 4.79 Å². The second-order valence-corrected chi connectivity index (χ2v) is 7.51. The first kappa shape index (κ1) is 16.1. The largest absolute Gasteiger partial charge is 0.444 e. The molecule has 1 unspecified atom stereocenters. The van der Waals surface area contributed by atoms with Gasteiger partial charge in [0.25, 0.3) is 0 Å². The Bertz CT molecular complexity index is 478. The van der Waals surface area contributed by atoms with Crippen molar-refractivity contribution in [1.29, 1.82) is 0 Å². The standard InChI is InChI=1S/C15H25N3O2S/c1-15(2,3)20-14(19)18-8-12(10-4-5-10)17-9-13-11(16)6-7-21-13/h6-7,10,12,17H,4-5,8-9,16H2,1-3H3,(H,18,19). The number of nitrogens with two attached hydrogens (primary N) is 1. The van der Waals surface area contributed by atoms with Gasteiger partial charge in [0.15, 0.2) is 0 Å². The highest BCUT2D eigenvalue weighted by molar-refractivity contribution is 7.10. The Morgan fingerprint density at radius 2 is 2.24 bits per heavy atom. The van der Waals surface area contributed by atoms with Gasteiger partial charge in [-0.2, -0.15) is 0 Å². The third kappa shape index (κ3) is 5.55. The van der Waals surface area contributed by atoms with Gasteiger partial charge < -0.3 is 21.1 Å². The summed E-state index contributed by atoms with van der Waals surface area (Å²) >= 11 is 1.66. The van der Waals surface area contributed by atoms with Crippen molar-refractivity contribution in [2.75, 3.05) is 12.3 Å². The van der Waals surface area contributed by atoms with Crippen molar-refractivity contribution >= 4 is 23.1 Å². The summed E-state index contributed by atoms with van der Waals surface area (Å²) in [6.45, 7) is 6.93. The van der Waals surface area contributed by atoms with E-state index in [1.165, 1.54) is 12.8 Å². The third-order valence-electron chi connectivity index (χ3n) is 3.36. The highest BCUT2D eigenvalue weighted by Crippen LogP contribution is 2.33. The number of rotatable bonds is 6. The lowest BCUT2D eigenvalue weighted by Crippen LogP contribution is -2.43. The molecule has 0 aromatic carbocycles. The molecule has 1 saturated carbocycles. The number of nitrogens with one attached hydrogen (secondary N) is 2. The normalized spacial score (nSPS) is 16.5. The summed E-state index contributed by atoms with van der Waals surface area (Å²) in [5.74, 6) is 0.640. The zero-order valence-corrected chi connectivity index (χ0v) is 13.8. The number of carbonyl (C=O) groups is 1. The van der Waals surface area contributed by atoms with Crippen LogP contribution < -0.4 is 16.4 Å². The number of alkyl carbamates (subject to hydrolysis) is 1. The van der Waals surface area contributed by atoms with Crippen molar-refractivity contribution in [3.05, 3.63) is 16.3 Å². The minimum atomic E-state index is -0.460. The predicted octanol–water partition coefficient (Wildman–Crippen LogP) is 2.72. The summed E-state index contributed by atoms with van der Waals surface area (Å²) < 4.78 is 5.26. The third-order valence-corrected chi connectivity index (χ3v) is 4.30. The lowest BCUT2D eigenvalue weighted by Gasteiger charge is -2.22. The van der Waals surface area contributed by atoms with Crippen LogP contribution in [0.4, 0.5) is 10.5 Å². The van der Waals surface area contributed by atoms with E-state index in [1.54, 1.807) is 11.3 Å². The Balaban J connectivity index is 1.77. The Hall–Kier alpha value is -1.27. The van der Waals surface area contributed by atoms with E-state index in [0.29, 0.717) is 12.5 Å². The molecule has 1 fully saturated rings. The molecule has 5 nitrogen and oxygen atoms in total. The van der Waals surface area contributed by atoms with Crippen LogP contribution in [0.2, 0.25) is 0 Å². The van der Waals surface area contributed by atoms with Crippen molar-refractivity contribution in [2.45, 2.75) is 51.8 Å². The van der Waals surface area contributed by atoms with Gasteiger partial charge in [-0.3, -0.25) is 0 Å². The quantitative estimate of drug-likeness (QED) is 0.755. The lowest BCUT2D eigenvalue weighted by atomic mass is 10.2. The van der Waals surface area contributed by atoms with Gasteiger partial charge >= 0.3 is 6.09 Å². The molecule has 0 aliphatic heterocycles. The van der Waals surface area contributed by atoms with Gasteiger partial charge in [0, 0.05) is 29.7 Å². The van der Waals surface area contributed by atoms with Gasteiger partial charge in [0.2, 0.25) is 0 Å². The van der Waals surface area contributed by atoms with E-state index in [0.717, 1.165) is 17.1 Å². The molecule has 1 aromatic heterocycles. The van der Waals surface area contributed by atoms with Crippen molar-refractivity contribution in [2.24, 2.45) is 5.92 Å². The SMILES string of the molecule is CC(C)(C)OC(=O)NCC(NCc1sccc1N)C1CC1. The number of hydrogen-bond acceptors (Lipinski definition) is 5. The van der Waals surface area contributed by atoms with Crippen LogP contribution in [0.1, 0.15) is 38.5 Å². The van der Waals surface area contributed by atoms with Crippen LogP contribution in [0.5, 0.6) is 0 Å². The number of carbonyl (C=O) groups excluding carboxylic acids is 1. The van der Waals surface area contributed by atoms with E-state index in [2.05, 4.69) is 10.6 Å². The molecule has 4 N–H and O–H groups in total. The van der Waals surface area contributed by atoms with Crippen LogP contribution in [-0.4, -0.2) is 24.3 Å². The fourth-order valence-electron chi connectivity index (χ4n) is 2.13. The maximum Gasteiger partial charge on any atom is 0.407 e. The molecule has 21 heavy (non-hydrogen) atoms. The molecule has 0 saturated heterocycles. The summed E-state index contributed by atoms with van der Waals surface area (Å²) in [7, 11) is 0. The molecule has 118 valence electrons. The molecule has 0 radical (unpaired) electrons. The average Bonchev–Trinajstić information content (AvgIpc) is 3.11. The first-order valence-corrected chi connectivity index (χ1v) is 8.25. The summed E-state index contributed by atoms with van der Waals surface area (Å²) in [6, 6.07) is 2.20. The van der Waals surface area contributed by atoms with Crippen LogP contribution in [0.15, 0.2) is 11.4 Å². The molecule has 2 rings (SSSR count). The molecule has 1 heterocycles. The first-order valence-electron chi connectivity index (χ1n) is 7.37. The van der Waals surface area contributed by atoms with E-state index in [4.69, 9.17) is 10.5 Å². The summed E-state index contributed by atoms with van der Waals surface area (Å²) in [4.78, 5) is 12.9. The molecule has 1 aliphatic rings. The number of thiophene rings is 1. The van der Waals surface area contributed by atoms with Crippen LogP contribution in [0.25, 0.3) is 0 Å². The smallest absolute Gasteiger partial charge is 0.407 e.